The van der Waals surface area contributed by atoms with E-state index < -0.39 is 22.4 Å². The molecule has 0 atom stereocenters. The summed E-state index contributed by atoms with van der Waals surface area (Å²) >= 11 is 0.833. The number of nitrogens with zero attached hydrogens (tertiary/aromatic N) is 1. The number of thioether (sulfide) groups is 1. The minimum Gasteiger partial charge on any atom is -0.309 e. The van der Waals surface area contributed by atoms with Gasteiger partial charge in [-0.1, -0.05) is 25.6 Å². The van der Waals surface area contributed by atoms with Crippen LogP contribution in [-0.2, 0) is 15.8 Å². The van der Waals surface area contributed by atoms with Crippen molar-refractivity contribution in [3.05, 3.63) is 23.9 Å². The van der Waals surface area contributed by atoms with Crippen LogP contribution in [0, 0.1) is 0 Å². The molecule has 8 heteroatoms. The molecule has 1 aromatic heterocycles. The van der Waals surface area contributed by atoms with Gasteiger partial charge in [-0.15, -0.1) is 0 Å². The van der Waals surface area contributed by atoms with Crippen molar-refractivity contribution in [2.75, 3.05) is 5.32 Å². The second-order valence-corrected chi connectivity index (χ2v) is 6.29. The molecule has 1 rings (SSSR count). The van der Waals surface area contributed by atoms with Gasteiger partial charge < -0.3 is 5.32 Å². The molecular formula is C14H19F3N2O2S. The number of pyridine rings is 1. The summed E-state index contributed by atoms with van der Waals surface area (Å²) in [5.41, 5.74) is -0.895. The number of alkyl halides is 3. The molecule has 0 aliphatic heterocycles. The van der Waals surface area contributed by atoms with Crippen LogP contribution in [0.2, 0.25) is 0 Å². The van der Waals surface area contributed by atoms with Crippen molar-refractivity contribution in [2.45, 2.75) is 45.5 Å². The number of anilines is 1. The molecule has 0 fully saturated rings. The number of carbonyl (C=O) groups is 2. The SMILES string of the molecule is CC.CC(=O)SC(C)(C)C(=O)Nc1ccc(C(F)(F)F)cn1. The van der Waals surface area contributed by atoms with E-state index in [0.29, 0.717) is 6.20 Å². The van der Waals surface area contributed by atoms with Gasteiger partial charge in [-0.25, -0.2) is 4.98 Å². The van der Waals surface area contributed by atoms with Crippen molar-refractivity contribution in [3.8, 4) is 0 Å². The molecule has 0 aliphatic rings. The van der Waals surface area contributed by atoms with Gasteiger partial charge in [0.15, 0.2) is 5.12 Å². The van der Waals surface area contributed by atoms with E-state index in [4.69, 9.17) is 0 Å². The molecule has 0 spiro atoms. The summed E-state index contributed by atoms with van der Waals surface area (Å²) in [6.45, 7) is 8.41. The Labute approximate surface area is 131 Å². The Morgan fingerprint density at radius 2 is 1.73 bits per heavy atom. The van der Waals surface area contributed by atoms with Crippen molar-refractivity contribution in [1.82, 2.24) is 4.98 Å². The zero-order chi connectivity index (χ0) is 17.6. The van der Waals surface area contributed by atoms with Crippen molar-refractivity contribution in [1.29, 1.82) is 0 Å². The van der Waals surface area contributed by atoms with Crippen LogP contribution in [0.3, 0.4) is 0 Å². The Bertz CT molecular complexity index is 514. The van der Waals surface area contributed by atoms with Crippen LogP contribution in [0.4, 0.5) is 19.0 Å². The number of hydrogen-bond donors (Lipinski definition) is 1. The van der Waals surface area contributed by atoms with Gasteiger partial charge in [0.25, 0.3) is 0 Å². The maximum Gasteiger partial charge on any atom is 0.417 e. The van der Waals surface area contributed by atoms with Gasteiger partial charge >= 0.3 is 6.18 Å². The molecule has 0 unspecified atom stereocenters. The van der Waals surface area contributed by atoms with Crippen LogP contribution in [0.15, 0.2) is 18.3 Å². The van der Waals surface area contributed by atoms with Crippen LogP contribution in [-0.4, -0.2) is 20.8 Å². The highest BCUT2D eigenvalue weighted by molar-refractivity contribution is 8.15. The Balaban J connectivity index is 0.00000211. The molecule has 22 heavy (non-hydrogen) atoms. The number of nitrogens with one attached hydrogen (secondary N) is 1. The maximum absolute atomic E-state index is 12.3. The lowest BCUT2D eigenvalue weighted by atomic mass is 10.2. The average molecular weight is 336 g/mol. The zero-order valence-electron chi connectivity index (χ0n) is 13.0. The van der Waals surface area contributed by atoms with E-state index in [0.717, 1.165) is 23.9 Å². The molecule has 124 valence electrons. The lowest BCUT2D eigenvalue weighted by Crippen LogP contribution is -2.35. The van der Waals surface area contributed by atoms with E-state index in [9.17, 15) is 22.8 Å². The van der Waals surface area contributed by atoms with E-state index in [1.165, 1.54) is 6.92 Å². The van der Waals surface area contributed by atoms with Crippen LogP contribution in [0.25, 0.3) is 0 Å². The quantitative estimate of drug-likeness (QED) is 0.902. The first-order valence-electron chi connectivity index (χ1n) is 6.56. The monoisotopic (exact) mass is 336 g/mol. The standard InChI is InChI=1S/C12H13F3N2O2S.C2H6/c1-7(18)20-11(2,3)10(19)17-9-5-4-8(6-16-9)12(13,14)15;1-2/h4-6H,1-3H3,(H,16,17,19);1-2H3. The van der Waals surface area contributed by atoms with Crippen molar-refractivity contribution in [2.24, 2.45) is 0 Å². The van der Waals surface area contributed by atoms with Gasteiger partial charge in [-0.2, -0.15) is 13.2 Å². The Hall–Kier alpha value is -1.57. The summed E-state index contributed by atoms with van der Waals surface area (Å²) in [4.78, 5) is 26.5. The molecule has 1 heterocycles. The van der Waals surface area contributed by atoms with Gasteiger partial charge in [0.2, 0.25) is 5.91 Å². The minimum atomic E-state index is -4.47. The predicted octanol–water partition coefficient (Wildman–Crippen LogP) is 4.12. The fraction of sp³-hybridized carbons (Fsp3) is 0.500. The second-order valence-electron chi connectivity index (χ2n) is 4.49. The minimum absolute atomic E-state index is 0.000210. The van der Waals surface area contributed by atoms with Gasteiger partial charge in [-0.3, -0.25) is 9.59 Å². The maximum atomic E-state index is 12.3. The number of aromatic nitrogens is 1. The molecule has 0 aliphatic carbocycles. The predicted molar refractivity (Wildman–Crippen MR) is 81.6 cm³/mol. The summed E-state index contributed by atoms with van der Waals surface area (Å²) in [6, 6.07) is 1.89. The van der Waals surface area contributed by atoms with E-state index in [-0.39, 0.29) is 10.9 Å². The number of rotatable bonds is 3. The molecule has 4 nitrogen and oxygen atoms in total. The molecule has 1 amide bonds. The van der Waals surface area contributed by atoms with Crippen LogP contribution < -0.4 is 5.32 Å². The second kappa shape index (κ2) is 8.17. The van der Waals surface area contributed by atoms with Gasteiger partial charge in [-0.05, 0) is 26.0 Å². The van der Waals surface area contributed by atoms with Gasteiger partial charge in [0.1, 0.15) is 5.82 Å². The van der Waals surface area contributed by atoms with Crippen LogP contribution >= 0.6 is 11.8 Å². The molecule has 0 aromatic carbocycles. The number of amides is 1. The number of hydrogen-bond acceptors (Lipinski definition) is 4. The summed E-state index contributed by atoms with van der Waals surface area (Å²) < 4.78 is 36.0. The highest BCUT2D eigenvalue weighted by atomic mass is 32.2. The number of halogens is 3. The largest absolute Gasteiger partial charge is 0.417 e. The molecule has 1 N–H and O–H groups in total. The van der Waals surface area contributed by atoms with Crippen molar-refractivity contribution < 1.29 is 22.8 Å². The summed E-state index contributed by atoms with van der Waals surface area (Å²) in [7, 11) is 0. The lowest BCUT2D eigenvalue weighted by Gasteiger charge is -2.21. The summed E-state index contributed by atoms with van der Waals surface area (Å²) in [5.74, 6) is -0.509. The smallest absolute Gasteiger partial charge is 0.309 e. The highest BCUT2D eigenvalue weighted by Gasteiger charge is 2.32. The Morgan fingerprint density at radius 1 is 1.18 bits per heavy atom. The fourth-order valence-corrected chi connectivity index (χ4v) is 2.17. The molecular weight excluding hydrogens is 317 g/mol. The topological polar surface area (TPSA) is 59.1 Å². The fourth-order valence-electron chi connectivity index (χ4n) is 1.31. The zero-order valence-corrected chi connectivity index (χ0v) is 13.9. The number of carbonyl (C=O) groups excluding carboxylic acids is 2. The molecule has 0 bridgehead atoms. The third-order valence-electron chi connectivity index (χ3n) is 2.28. The van der Waals surface area contributed by atoms with E-state index in [2.05, 4.69) is 10.3 Å². The normalized spacial score (nSPS) is 11.3. The van der Waals surface area contributed by atoms with E-state index in [1.807, 2.05) is 13.8 Å². The van der Waals surface area contributed by atoms with Crippen LogP contribution in [0.1, 0.15) is 40.2 Å². The van der Waals surface area contributed by atoms with E-state index >= 15 is 0 Å². The third kappa shape index (κ3) is 6.46. The first kappa shape index (κ1) is 20.4. The van der Waals surface area contributed by atoms with E-state index in [1.54, 1.807) is 13.8 Å². The van der Waals surface area contributed by atoms with Crippen LogP contribution in [0.5, 0.6) is 0 Å². The first-order chi connectivity index (χ1) is 10.0. The lowest BCUT2D eigenvalue weighted by molar-refractivity contribution is -0.137. The third-order valence-corrected chi connectivity index (χ3v) is 3.26. The summed E-state index contributed by atoms with van der Waals surface area (Å²) in [5, 5.41) is 2.14. The molecule has 0 saturated heterocycles. The van der Waals surface area contributed by atoms with Crippen molar-refractivity contribution in [3.63, 3.8) is 0 Å². The van der Waals surface area contributed by atoms with Gasteiger partial charge in [0, 0.05) is 13.1 Å². The highest BCUT2D eigenvalue weighted by Crippen LogP contribution is 2.29. The van der Waals surface area contributed by atoms with Crippen molar-refractivity contribution >= 4 is 28.6 Å². The Morgan fingerprint density at radius 3 is 2.09 bits per heavy atom. The molecule has 0 saturated carbocycles. The average Bonchev–Trinajstić information content (AvgIpc) is 2.39. The Kier molecular flexibility index (Phi) is 7.58. The summed E-state index contributed by atoms with van der Waals surface area (Å²) in [6.07, 6.45) is -3.83. The first-order valence-corrected chi connectivity index (χ1v) is 7.38. The van der Waals surface area contributed by atoms with Gasteiger partial charge in [0.05, 0.1) is 10.3 Å². The molecule has 0 radical (unpaired) electrons. The molecule has 1 aromatic rings.